The molecule has 0 radical (unpaired) electrons. The van der Waals surface area contributed by atoms with Crippen molar-refractivity contribution < 1.29 is 23.7 Å². The first kappa shape index (κ1) is 27.7. The molecule has 210 valence electrons. The fourth-order valence-electron chi connectivity index (χ4n) is 4.96. The zero-order chi connectivity index (χ0) is 28.4. The minimum atomic E-state index is -0.807. The highest BCUT2D eigenvalue weighted by Crippen LogP contribution is 2.38. The van der Waals surface area contributed by atoms with Crippen LogP contribution < -0.4 is 29.3 Å². The van der Waals surface area contributed by atoms with Crippen LogP contribution in [0.5, 0.6) is 11.5 Å². The van der Waals surface area contributed by atoms with E-state index in [-0.39, 0.29) is 17.2 Å². The first-order valence-corrected chi connectivity index (χ1v) is 14.0. The van der Waals surface area contributed by atoms with Crippen molar-refractivity contribution >= 4 is 29.1 Å². The van der Waals surface area contributed by atoms with Crippen LogP contribution in [0.2, 0.25) is 0 Å². The van der Waals surface area contributed by atoms with Crippen LogP contribution in [-0.2, 0) is 14.3 Å². The van der Waals surface area contributed by atoms with E-state index in [1.807, 2.05) is 18.2 Å². The number of fused-ring (bicyclic) bond motifs is 1. The SMILES string of the molecule is COc1ccc(OC)c([C@@H]2C(C(=O)OC(C)C)=C(C)N=c3s/c(=C\c4ccc(N5CCOCC5)cc4)c(=O)n32)c1. The van der Waals surface area contributed by atoms with Gasteiger partial charge in [-0.3, -0.25) is 9.36 Å². The smallest absolute Gasteiger partial charge is 0.338 e. The van der Waals surface area contributed by atoms with Gasteiger partial charge in [0.25, 0.3) is 5.56 Å². The Morgan fingerprint density at radius 2 is 1.82 bits per heavy atom. The van der Waals surface area contributed by atoms with Crippen molar-refractivity contribution in [3.05, 3.63) is 84.5 Å². The number of thiazole rings is 1. The Morgan fingerprint density at radius 1 is 1.10 bits per heavy atom. The Balaban J connectivity index is 1.64. The average molecular weight is 564 g/mol. The van der Waals surface area contributed by atoms with Gasteiger partial charge in [-0.05, 0) is 62.7 Å². The molecule has 0 unspecified atom stereocenters. The number of hydrogen-bond acceptors (Lipinski definition) is 9. The molecule has 0 saturated carbocycles. The number of hydrogen-bond donors (Lipinski definition) is 0. The van der Waals surface area contributed by atoms with Crippen molar-refractivity contribution in [2.45, 2.75) is 32.9 Å². The predicted molar refractivity (Wildman–Crippen MR) is 154 cm³/mol. The second kappa shape index (κ2) is 11.7. The van der Waals surface area contributed by atoms with E-state index in [9.17, 15) is 9.59 Å². The van der Waals surface area contributed by atoms with E-state index in [2.05, 4.69) is 22.0 Å². The summed E-state index contributed by atoms with van der Waals surface area (Å²) in [5, 5.41) is 0. The summed E-state index contributed by atoms with van der Waals surface area (Å²) in [6.07, 6.45) is 1.52. The molecule has 0 spiro atoms. The minimum Gasteiger partial charge on any atom is -0.497 e. The van der Waals surface area contributed by atoms with E-state index in [4.69, 9.17) is 18.9 Å². The number of esters is 1. The summed E-state index contributed by atoms with van der Waals surface area (Å²) in [7, 11) is 3.12. The number of methoxy groups -OCH3 is 2. The molecule has 10 heteroatoms. The monoisotopic (exact) mass is 563 g/mol. The van der Waals surface area contributed by atoms with Crippen LogP contribution in [-0.4, -0.2) is 57.2 Å². The Hall–Kier alpha value is -3.89. The van der Waals surface area contributed by atoms with Gasteiger partial charge < -0.3 is 23.8 Å². The van der Waals surface area contributed by atoms with Gasteiger partial charge in [-0.15, -0.1) is 0 Å². The fraction of sp³-hybridized carbons (Fsp3) is 0.367. The second-order valence-corrected chi connectivity index (χ2v) is 10.8. The Morgan fingerprint density at radius 3 is 2.48 bits per heavy atom. The van der Waals surface area contributed by atoms with Crippen LogP contribution in [0.3, 0.4) is 0 Å². The third-order valence-corrected chi connectivity index (χ3v) is 7.87. The van der Waals surface area contributed by atoms with Crippen molar-refractivity contribution in [1.82, 2.24) is 4.57 Å². The van der Waals surface area contributed by atoms with Crippen LogP contribution in [0.4, 0.5) is 5.69 Å². The number of allylic oxidation sites excluding steroid dienone is 1. The van der Waals surface area contributed by atoms with E-state index >= 15 is 0 Å². The maximum absolute atomic E-state index is 14.0. The molecule has 5 rings (SSSR count). The van der Waals surface area contributed by atoms with Crippen LogP contribution in [0, 0.1) is 0 Å². The fourth-order valence-corrected chi connectivity index (χ4v) is 6.01. The standard InChI is InChI=1S/C30H33N3O6S/c1-18(2)39-29(35)26-19(3)31-30-33(27(26)23-17-22(36-4)10-11-24(23)37-5)28(34)25(40-30)16-20-6-8-21(9-7-20)32-12-14-38-15-13-32/h6-11,16-18,27H,12-15H2,1-5H3/b25-16-/t27-/m1/s1. The zero-order valence-corrected chi connectivity index (χ0v) is 24.1. The van der Waals surface area contributed by atoms with Crippen LogP contribution in [0.15, 0.2) is 63.5 Å². The number of carbonyl (C=O) groups excluding carboxylic acids is 1. The van der Waals surface area contributed by atoms with Gasteiger partial charge in [0, 0.05) is 24.3 Å². The molecule has 2 aliphatic rings. The second-order valence-electron chi connectivity index (χ2n) is 9.83. The third kappa shape index (κ3) is 5.41. The summed E-state index contributed by atoms with van der Waals surface area (Å²) in [5.41, 5.74) is 3.15. The van der Waals surface area contributed by atoms with E-state index < -0.39 is 12.0 Å². The van der Waals surface area contributed by atoms with Crippen molar-refractivity contribution in [2.75, 3.05) is 45.4 Å². The van der Waals surface area contributed by atoms with E-state index in [1.54, 1.807) is 57.8 Å². The molecule has 0 aliphatic carbocycles. The van der Waals surface area contributed by atoms with E-state index in [1.165, 1.54) is 11.3 Å². The van der Waals surface area contributed by atoms with Crippen LogP contribution >= 0.6 is 11.3 Å². The molecule has 1 fully saturated rings. The third-order valence-electron chi connectivity index (χ3n) is 6.88. The van der Waals surface area contributed by atoms with Gasteiger partial charge in [0.05, 0.1) is 49.3 Å². The summed E-state index contributed by atoms with van der Waals surface area (Å²) in [4.78, 5) is 34.8. The summed E-state index contributed by atoms with van der Waals surface area (Å²) < 4.78 is 24.3. The molecule has 2 aliphatic heterocycles. The molecule has 3 heterocycles. The lowest BCUT2D eigenvalue weighted by Crippen LogP contribution is -2.40. The number of carbonyl (C=O) groups is 1. The molecule has 2 aromatic carbocycles. The predicted octanol–water partition coefficient (Wildman–Crippen LogP) is 3.04. The Kier molecular flexibility index (Phi) is 8.09. The zero-order valence-electron chi connectivity index (χ0n) is 23.3. The number of ether oxygens (including phenoxy) is 4. The van der Waals surface area contributed by atoms with Gasteiger partial charge in [-0.25, -0.2) is 9.79 Å². The molecule has 1 saturated heterocycles. The molecule has 0 amide bonds. The van der Waals surface area contributed by atoms with Gasteiger partial charge in [-0.2, -0.15) is 0 Å². The average Bonchev–Trinajstić information content (AvgIpc) is 3.26. The molecule has 0 bridgehead atoms. The lowest BCUT2D eigenvalue weighted by Gasteiger charge is -2.28. The van der Waals surface area contributed by atoms with Gasteiger partial charge in [0.15, 0.2) is 4.80 Å². The van der Waals surface area contributed by atoms with Gasteiger partial charge in [0.2, 0.25) is 0 Å². The first-order chi connectivity index (χ1) is 19.3. The lowest BCUT2D eigenvalue weighted by molar-refractivity contribution is -0.143. The van der Waals surface area contributed by atoms with Gasteiger partial charge >= 0.3 is 5.97 Å². The normalized spacial score (nSPS) is 17.5. The van der Waals surface area contributed by atoms with Gasteiger partial charge in [-0.1, -0.05) is 23.5 Å². The van der Waals surface area contributed by atoms with Crippen molar-refractivity contribution in [2.24, 2.45) is 4.99 Å². The van der Waals surface area contributed by atoms with Crippen molar-refractivity contribution in [3.8, 4) is 11.5 Å². The topological polar surface area (TPSA) is 91.6 Å². The lowest BCUT2D eigenvalue weighted by atomic mass is 9.94. The molecular formula is C30H33N3O6S. The molecule has 40 heavy (non-hydrogen) atoms. The first-order valence-electron chi connectivity index (χ1n) is 13.2. The summed E-state index contributed by atoms with van der Waals surface area (Å²) in [5.74, 6) is 0.562. The molecule has 9 nitrogen and oxygen atoms in total. The molecule has 1 atom stereocenters. The highest BCUT2D eigenvalue weighted by atomic mass is 32.1. The minimum absolute atomic E-state index is 0.252. The largest absolute Gasteiger partial charge is 0.497 e. The highest BCUT2D eigenvalue weighted by molar-refractivity contribution is 7.07. The van der Waals surface area contributed by atoms with Crippen LogP contribution in [0.25, 0.3) is 6.08 Å². The summed E-state index contributed by atoms with van der Waals surface area (Å²) in [6, 6.07) is 12.6. The van der Waals surface area contributed by atoms with Crippen LogP contribution in [0.1, 0.15) is 37.9 Å². The highest BCUT2D eigenvalue weighted by Gasteiger charge is 2.35. The number of anilines is 1. The van der Waals surface area contributed by atoms with Crippen molar-refractivity contribution in [3.63, 3.8) is 0 Å². The summed E-state index contributed by atoms with van der Waals surface area (Å²) >= 11 is 1.29. The van der Waals surface area contributed by atoms with E-state index in [0.29, 0.717) is 45.3 Å². The Bertz CT molecular complexity index is 1610. The van der Waals surface area contributed by atoms with Gasteiger partial charge in [0.1, 0.15) is 17.5 Å². The number of rotatable bonds is 7. The molecule has 0 N–H and O–H groups in total. The number of benzene rings is 2. The molecular weight excluding hydrogens is 530 g/mol. The quantitative estimate of drug-likeness (QED) is 0.408. The number of morpholine rings is 1. The number of nitrogens with zero attached hydrogens (tertiary/aromatic N) is 3. The number of aromatic nitrogens is 1. The maximum Gasteiger partial charge on any atom is 0.338 e. The van der Waals surface area contributed by atoms with Crippen molar-refractivity contribution in [1.29, 1.82) is 0 Å². The summed E-state index contributed by atoms with van der Waals surface area (Å²) in [6.45, 7) is 8.47. The molecule has 1 aromatic heterocycles. The van der Waals surface area contributed by atoms with E-state index in [0.717, 1.165) is 24.3 Å². The molecule has 3 aromatic rings. The Labute approximate surface area is 236 Å². The maximum atomic E-state index is 14.0.